The summed E-state index contributed by atoms with van der Waals surface area (Å²) < 4.78 is 11.5. The van der Waals surface area contributed by atoms with Crippen molar-refractivity contribution >= 4 is 5.91 Å². The van der Waals surface area contributed by atoms with Gasteiger partial charge in [-0.1, -0.05) is 0 Å². The van der Waals surface area contributed by atoms with Crippen molar-refractivity contribution in [3.8, 4) is 0 Å². The van der Waals surface area contributed by atoms with Crippen LogP contribution in [0, 0.1) is 12.3 Å². The molecule has 0 saturated carbocycles. The molecule has 1 aromatic rings. The largest absolute Gasteiger partial charge is 0.465 e. The van der Waals surface area contributed by atoms with E-state index in [0.29, 0.717) is 6.61 Å². The summed E-state index contributed by atoms with van der Waals surface area (Å²) in [4.78, 5) is 16.2. The predicted molar refractivity (Wildman–Crippen MR) is 83.4 cm³/mol. The second-order valence-corrected chi connectivity index (χ2v) is 7.06. The highest BCUT2D eigenvalue weighted by molar-refractivity contribution is 5.80. The fraction of sp³-hybridized carbons (Fsp3) is 0.706. The summed E-state index contributed by atoms with van der Waals surface area (Å²) in [6.07, 6.45) is 2.89. The number of carbonyl (C=O) groups is 1. The molecule has 2 atom stereocenters. The van der Waals surface area contributed by atoms with Crippen LogP contribution in [0.15, 0.2) is 16.5 Å². The Hall–Kier alpha value is -1.33. The molecule has 0 aromatic carbocycles. The molecule has 2 aliphatic rings. The molecule has 2 aliphatic heterocycles. The standard InChI is InChI=1S/C17H26N2O3/c1-13-5-6-14(22-13)10-19-8-4-7-17(11-19)9-15(21-12-17)16(20)18(2)3/h5-6,15H,4,7-12H2,1-3H3/t15-,17-/m0/s1. The van der Waals surface area contributed by atoms with E-state index in [4.69, 9.17) is 9.15 Å². The zero-order chi connectivity index (χ0) is 15.7. The minimum Gasteiger partial charge on any atom is -0.465 e. The summed E-state index contributed by atoms with van der Waals surface area (Å²) in [5.74, 6) is 2.08. The summed E-state index contributed by atoms with van der Waals surface area (Å²) >= 11 is 0. The van der Waals surface area contributed by atoms with E-state index in [2.05, 4.69) is 11.0 Å². The summed E-state index contributed by atoms with van der Waals surface area (Å²) in [6.45, 7) is 5.61. The molecule has 0 unspecified atom stereocenters. The van der Waals surface area contributed by atoms with E-state index in [1.54, 1.807) is 19.0 Å². The van der Waals surface area contributed by atoms with Crippen LogP contribution in [0.3, 0.4) is 0 Å². The van der Waals surface area contributed by atoms with E-state index >= 15 is 0 Å². The van der Waals surface area contributed by atoms with Crippen molar-refractivity contribution in [3.05, 3.63) is 23.7 Å². The summed E-state index contributed by atoms with van der Waals surface area (Å²) in [5, 5.41) is 0. The highest BCUT2D eigenvalue weighted by Crippen LogP contribution is 2.41. The van der Waals surface area contributed by atoms with Gasteiger partial charge in [-0.3, -0.25) is 9.69 Å². The lowest BCUT2D eigenvalue weighted by atomic mass is 9.78. The van der Waals surface area contributed by atoms with Crippen LogP contribution in [0.1, 0.15) is 30.8 Å². The number of amides is 1. The lowest BCUT2D eigenvalue weighted by molar-refractivity contribution is -0.138. The normalized spacial score (nSPS) is 29.1. The number of rotatable bonds is 3. The number of hydrogen-bond acceptors (Lipinski definition) is 4. The maximum Gasteiger partial charge on any atom is 0.251 e. The topological polar surface area (TPSA) is 45.9 Å². The monoisotopic (exact) mass is 306 g/mol. The Morgan fingerprint density at radius 2 is 2.27 bits per heavy atom. The molecule has 5 nitrogen and oxygen atoms in total. The first-order valence-corrected chi connectivity index (χ1v) is 8.08. The number of furan rings is 1. The number of nitrogens with zero attached hydrogens (tertiary/aromatic N) is 2. The van der Waals surface area contributed by atoms with Crippen LogP contribution in [-0.2, 0) is 16.1 Å². The molecule has 2 saturated heterocycles. The van der Waals surface area contributed by atoms with Gasteiger partial charge in [0.15, 0.2) is 0 Å². The predicted octanol–water partition coefficient (Wildman–Crippen LogP) is 2.05. The Balaban J connectivity index is 1.62. The Bertz CT molecular complexity index is 540. The van der Waals surface area contributed by atoms with Gasteiger partial charge in [-0.25, -0.2) is 0 Å². The van der Waals surface area contributed by atoms with Crippen LogP contribution in [0.4, 0.5) is 0 Å². The van der Waals surface area contributed by atoms with Crippen molar-refractivity contribution in [2.45, 2.75) is 38.8 Å². The smallest absolute Gasteiger partial charge is 0.251 e. The highest BCUT2D eigenvalue weighted by atomic mass is 16.5. The van der Waals surface area contributed by atoms with E-state index in [9.17, 15) is 4.79 Å². The number of ether oxygens (including phenoxy) is 1. The fourth-order valence-corrected chi connectivity index (χ4v) is 3.76. The Morgan fingerprint density at radius 1 is 1.45 bits per heavy atom. The number of hydrogen-bond donors (Lipinski definition) is 0. The summed E-state index contributed by atoms with van der Waals surface area (Å²) in [6, 6.07) is 4.07. The molecular weight excluding hydrogens is 280 g/mol. The second-order valence-electron chi connectivity index (χ2n) is 7.06. The molecule has 3 heterocycles. The van der Waals surface area contributed by atoms with Gasteiger partial charge in [0, 0.05) is 26.1 Å². The molecule has 1 amide bonds. The van der Waals surface area contributed by atoms with Crippen LogP contribution >= 0.6 is 0 Å². The fourth-order valence-electron chi connectivity index (χ4n) is 3.76. The van der Waals surface area contributed by atoms with E-state index in [-0.39, 0.29) is 17.4 Å². The Kier molecular flexibility index (Phi) is 4.28. The SMILES string of the molecule is Cc1ccc(CN2CCC[C@@]3(CO[C@H](C(=O)N(C)C)C3)C2)o1. The summed E-state index contributed by atoms with van der Waals surface area (Å²) in [5.41, 5.74) is 0.135. The van der Waals surface area contributed by atoms with Gasteiger partial charge in [-0.15, -0.1) is 0 Å². The quantitative estimate of drug-likeness (QED) is 0.857. The molecule has 5 heteroatoms. The third-order valence-electron chi connectivity index (χ3n) is 4.84. The van der Waals surface area contributed by atoms with Gasteiger partial charge >= 0.3 is 0 Å². The third kappa shape index (κ3) is 3.20. The van der Waals surface area contributed by atoms with Crippen LogP contribution in [0.25, 0.3) is 0 Å². The van der Waals surface area contributed by atoms with Crippen LogP contribution in [-0.4, -0.2) is 55.6 Å². The Morgan fingerprint density at radius 3 is 2.95 bits per heavy atom. The average Bonchev–Trinajstić information content (AvgIpc) is 3.05. The van der Waals surface area contributed by atoms with Crippen LogP contribution < -0.4 is 0 Å². The van der Waals surface area contributed by atoms with E-state index in [1.165, 1.54) is 0 Å². The molecule has 122 valence electrons. The molecule has 0 aliphatic carbocycles. The maximum absolute atomic E-state index is 12.1. The van der Waals surface area contributed by atoms with Crippen LogP contribution in [0.5, 0.6) is 0 Å². The Labute approximate surface area is 132 Å². The van der Waals surface area contributed by atoms with Gasteiger partial charge in [0.05, 0.1) is 13.2 Å². The van der Waals surface area contributed by atoms with Crippen molar-refractivity contribution in [1.82, 2.24) is 9.80 Å². The van der Waals surface area contributed by atoms with Gasteiger partial charge < -0.3 is 14.1 Å². The van der Waals surface area contributed by atoms with Crippen molar-refractivity contribution in [1.29, 1.82) is 0 Å². The maximum atomic E-state index is 12.1. The minimum absolute atomic E-state index is 0.0932. The molecule has 3 rings (SSSR count). The van der Waals surface area contributed by atoms with Crippen molar-refractivity contribution in [3.63, 3.8) is 0 Å². The van der Waals surface area contributed by atoms with Gasteiger partial charge in [-0.05, 0) is 44.9 Å². The van der Waals surface area contributed by atoms with Crippen molar-refractivity contribution < 1.29 is 13.9 Å². The van der Waals surface area contributed by atoms with Crippen molar-refractivity contribution in [2.75, 3.05) is 33.8 Å². The lowest BCUT2D eigenvalue weighted by Crippen LogP contribution is -2.43. The molecule has 0 N–H and O–H groups in total. The molecule has 1 spiro atoms. The van der Waals surface area contributed by atoms with E-state index < -0.39 is 0 Å². The number of aryl methyl sites for hydroxylation is 1. The second kappa shape index (κ2) is 6.05. The number of likely N-dealkylation sites (tertiary alicyclic amines) is 1. The first-order chi connectivity index (χ1) is 10.5. The van der Waals surface area contributed by atoms with Crippen LogP contribution in [0.2, 0.25) is 0 Å². The third-order valence-corrected chi connectivity index (χ3v) is 4.84. The minimum atomic E-state index is -0.263. The summed E-state index contributed by atoms with van der Waals surface area (Å²) in [7, 11) is 3.59. The average molecular weight is 306 g/mol. The number of likely N-dealkylation sites (N-methyl/N-ethyl adjacent to an activating group) is 1. The van der Waals surface area contributed by atoms with E-state index in [1.807, 2.05) is 13.0 Å². The molecule has 0 bridgehead atoms. The number of piperidine rings is 1. The zero-order valence-electron chi connectivity index (χ0n) is 13.8. The van der Waals surface area contributed by atoms with Gasteiger partial charge in [-0.2, -0.15) is 0 Å². The van der Waals surface area contributed by atoms with Crippen molar-refractivity contribution in [2.24, 2.45) is 5.41 Å². The molecule has 0 radical (unpaired) electrons. The van der Waals surface area contributed by atoms with Gasteiger partial charge in [0.2, 0.25) is 0 Å². The highest BCUT2D eigenvalue weighted by Gasteiger charge is 2.45. The lowest BCUT2D eigenvalue weighted by Gasteiger charge is -2.39. The first-order valence-electron chi connectivity index (χ1n) is 8.08. The molecular formula is C17H26N2O3. The molecule has 22 heavy (non-hydrogen) atoms. The van der Waals surface area contributed by atoms with E-state index in [0.717, 1.165) is 50.4 Å². The first kappa shape index (κ1) is 15.6. The molecule has 2 fully saturated rings. The number of carbonyl (C=O) groups excluding carboxylic acids is 1. The van der Waals surface area contributed by atoms with Gasteiger partial charge in [0.25, 0.3) is 5.91 Å². The molecule has 1 aromatic heterocycles. The van der Waals surface area contributed by atoms with Gasteiger partial charge in [0.1, 0.15) is 17.6 Å². The zero-order valence-corrected chi connectivity index (χ0v) is 13.8.